The summed E-state index contributed by atoms with van der Waals surface area (Å²) in [5.74, 6) is 0. The van der Waals surface area contributed by atoms with Gasteiger partial charge in [-0.2, -0.15) is 0 Å². The van der Waals surface area contributed by atoms with E-state index in [2.05, 4.69) is 11.4 Å². The molecule has 2 rings (SSSR count). The van der Waals surface area contributed by atoms with Crippen molar-refractivity contribution < 1.29 is 4.92 Å². The molecule has 0 aliphatic heterocycles. The number of hydrogen-bond donors (Lipinski definition) is 1. The first-order valence-electron chi connectivity index (χ1n) is 6.74. The van der Waals surface area contributed by atoms with E-state index in [4.69, 9.17) is 0 Å². The average Bonchev–Trinajstić information content (AvgIpc) is 2.46. The molecule has 0 aliphatic carbocycles. The molecule has 21 heavy (non-hydrogen) atoms. The summed E-state index contributed by atoms with van der Waals surface area (Å²) in [6, 6.07) is 13.4. The van der Waals surface area contributed by atoms with E-state index in [9.17, 15) is 10.1 Å². The van der Waals surface area contributed by atoms with Crippen LogP contribution < -0.4 is 10.2 Å². The van der Waals surface area contributed by atoms with E-state index in [1.54, 1.807) is 19.2 Å². The summed E-state index contributed by atoms with van der Waals surface area (Å²) in [5.41, 5.74) is 3.54. The lowest BCUT2D eigenvalue weighted by molar-refractivity contribution is -0.383. The van der Waals surface area contributed by atoms with E-state index in [1.807, 2.05) is 43.1 Å². The second-order valence-corrected chi connectivity index (χ2v) is 5.03. The summed E-state index contributed by atoms with van der Waals surface area (Å²) in [6.07, 6.45) is 0. The summed E-state index contributed by atoms with van der Waals surface area (Å²) < 4.78 is 0. The number of benzene rings is 2. The number of nitrogens with zero attached hydrogens (tertiary/aromatic N) is 2. The van der Waals surface area contributed by atoms with Crippen LogP contribution in [-0.4, -0.2) is 19.0 Å². The van der Waals surface area contributed by atoms with Crippen molar-refractivity contribution in [3.8, 4) is 0 Å². The largest absolute Gasteiger partial charge is 0.382 e. The van der Waals surface area contributed by atoms with Crippen molar-refractivity contribution in [3.63, 3.8) is 0 Å². The van der Waals surface area contributed by atoms with Gasteiger partial charge in [0.25, 0.3) is 0 Å². The molecule has 0 aliphatic rings. The maximum atomic E-state index is 11.4. The van der Waals surface area contributed by atoms with Crippen molar-refractivity contribution in [2.75, 3.05) is 24.3 Å². The first-order valence-corrected chi connectivity index (χ1v) is 6.74. The van der Waals surface area contributed by atoms with E-state index >= 15 is 0 Å². The van der Waals surface area contributed by atoms with Gasteiger partial charge in [0.05, 0.1) is 4.92 Å². The van der Waals surface area contributed by atoms with Crippen LogP contribution in [0.15, 0.2) is 42.5 Å². The van der Waals surface area contributed by atoms with Gasteiger partial charge in [0, 0.05) is 20.6 Å². The summed E-state index contributed by atoms with van der Waals surface area (Å²) >= 11 is 0. The molecule has 0 atom stereocenters. The van der Waals surface area contributed by atoms with Crippen LogP contribution in [0, 0.1) is 17.0 Å². The number of nitro benzene ring substituents is 1. The summed E-state index contributed by atoms with van der Waals surface area (Å²) in [7, 11) is 3.55. The number of aryl methyl sites for hydroxylation is 1. The second-order valence-electron chi connectivity index (χ2n) is 5.03. The van der Waals surface area contributed by atoms with Gasteiger partial charge in [0.15, 0.2) is 0 Å². The van der Waals surface area contributed by atoms with Gasteiger partial charge in [0.2, 0.25) is 0 Å². The lowest BCUT2D eigenvalue weighted by Crippen LogP contribution is -2.18. The molecule has 0 bridgehead atoms. The van der Waals surface area contributed by atoms with Crippen LogP contribution in [0.2, 0.25) is 0 Å². The molecule has 0 spiro atoms. The minimum Gasteiger partial charge on any atom is -0.382 e. The number of para-hydroxylation sites is 1. The van der Waals surface area contributed by atoms with Crippen LogP contribution in [0.25, 0.3) is 0 Å². The molecule has 5 nitrogen and oxygen atoms in total. The number of rotatable bonds is 5. The van der Waals surface area contributed by atoms with Crippen molar-refractivity contribution in [2.45, 2.75) is 13.5 Å². The predicted molar refractivity (Wildman–Crippen MR) is 85.9 cm³/mol. The van der Waals surface area contributed by atoms with Gasteiger partial charge in [-0.3, -0.25) is 10.1 Å². The van der Waals surface area contributed by atoms with E-state index in [1.165, 1.54) is 5.56 Å². The maximum absolute atomic E-state index is 11.4. The lowest BCUT2D eigenvalue weighted by atomic mass is 10.1. The Morgan fingerprint density at radius 3 is 2.57 bits per heavy atom. The normalized spacial score (nSPS) is 10.2. The van der Waals surface area contributed by atoms with Crippen molar-refractivity contribution in [1.82, 2.24) is 0 Å². The molecule has 0 aromatic heterocycles. The molecule has 110 valence electrons. The second kappa shape index (κ2) is 6.26. The molecule has 0 saturated carbocycles. The highest BCUT2D eigenvalue weighted by Crippen LogP contribution is 2.35. The Bertz CT molecular complexity index is 656. The van der Waals surface area contributed by atoms with Gasteiger partial charge in [-0.05, 0) is 24.6 Å². The van der Waals surface area contributed by atoms with Gasteiger partial charge >= 0.3 is 5.69 Å². The molecule has 2 aromatic carbocycles. The zero-order valence-corrected chi connectivity index (χ0v) is 12.5. The minimum atomic E-state index is -0.339. The number of anilines is 2. The van der Waals surface area contributed by atoms with Gasteiger partial charge in [-0.1, -0.05) is 35.9 Å². The number of hydrogen-bond acceptors (Lipinski definition) is 4. The van der Waals surface area contributed by atoms with Gasteiger partial charge in [0.1, 0.15) is 11.4 Å². The highest BCUT2D eigenvalue weighted by molar-refractivity contribution is 5.76. The minimum absolute atomic E-state index is 0.107. The van der Waals surface area contributed by atoms with Crippen molar-refractivity contribution in [1.29, 1.82) is 0 Å². The maximum Gasteiger partial charge on any atom is 0.315 e. The summed E-state index contributed by atoms with van der Waals surface area (Å²) in [6.45, 7) is 2.66. The fourth-order valence-electron chi connectivity index (χ4n) is 2.40. The third-order valence-electron chi connectivity index (χ3n) is 3.38. The smallest absolute Gasteiger partial charge is 0.315 e. The molecule has 0 saturated heterocycles. The topological polar surface area (TPSA) is 58.4 Å². The van der Waals surface area contributed by atoms with E-state index in [0.29, 0.717) is 17.9 Å². The van der Waals surface area contributed by atoms with Gasteiger partial charge < -0.3 is 10.2 Å². The molecule has 0 unspecified atom stereocenters. The molecule has 0 heterocycles. The van der Waals surface area contributed by atoms with Gasteiger partial charge in [-0.15, -0.1) is 0 Å². The van der Waals surface area contributed by atoms with Gasteiger partial charge in [-0.25, -0.2) is 0 Å². The molecule has 1 N–H and O–H groups in total. The SMILES string of the molecule is CNc1cccc(N(C)Cc2cccc(C)c2)c1[N+](=O)[O-]. The fraction of sp³-hybridized carbons (Fsp3) is 0.250. The predicted octanol–water partition coefficient (Wildman–Crippen LogP) is 3.58. The Morgan fingerprint density at radius 2 is 1.95 bits per heavy atom. The fourth-order valence-corrected chi connectivity index (χ4v) is 2.40. The van der Waals surface area contributed by atoms with Crippen molar-refractivity contribution in [3.05, 3.63) is 63.7 Å². The highest BCUT2D eigenvalue weighted by Gasteiger charge is 2.21. The molecule has 0 fully saturated rings. The van der Waals surface area contributed by atoms with E-state index < -0.39 is 0 Å². The number of nitrogens with one attached hydrogen (secondary N) is 1. The van der Waals surface area contributed by atoms with Crippen LogP contribution in [0.1, 0.15) is 11.1 Å². The molecular weight excluding hydrogens is 266 g/mol. The van der Waals surface area contributed by atoms with Crippen LogP contribution in [-0.2, 0) is 6.54 Å². The third kappa shape index (κ3) is 3.31. The Hall–Kier alpha value is -2.56. The zero-order valence-electron chi connectivity index (χ0n) is 12.5. The molecule has 5 heteroatoms. The van der Waals surface area contributed by atoms with Crippen LogP contribution in [0.3, 0.4) is 0 Å². The summed E-state index contributed by atoms with van der Waals surface area (Å²) in [4.78, 5) is 12.9. The average molecular weight is 285 g/mol. The first-order chi connectivity index (χ1) is 10.0. The monoisotopic (exact) mass is 285 g/mol. The Morgan fingerprint density at radius 1 is 1.24 bits per heavy atom. The van der Waals surface area contributed by atoms with Crippen LogP contribution >= 0.6 is 0 Å². The quantitative estimate of drug-likeness (QED) is 0.674. The van der Waals surface area contributed by atoms with Crippen LogP contribution in [0.5, 0.6) is 0 Å². The van der Waals surface area contributed by atoms with Crippen molar-refractivity contribution in [2.24, 2.45) is 0 Å². The molecule has 2 aromatic rings. The van der Waals surface area contributed by atoms with Crippen molar-refractivity contribution >= 4 is 17.1 Å². The number of nitro groups is 1. The highest BCUT2D eigenvalue weighted by atomic mass is 16.6. The standard InChI is InChI=1S/C16H19N3O2/c1-12-6-4-7-13(10-12)11-18(3)15-9-5-8-14(17-2)16(15)19(20)21/h4-10,17H,11H2,1-3H3. The molecule has 0 amide bonds. The molecular formula is C16H19N3O2. The Kier molecular flexibility index (Phi) is 4.42. The lowest BCUT2D eigenvalue weighted by Gasteiger charge is -2.20. The van der Waals surface area contributed by atoms with Crippen LogP contribution in [0.4, 0.5) is 17.1 Å². The zero-order chi connectivity index (χ0) is 15.4. The third-order valence-corrected chi connectivity index (χ3v) is 3.38. The first kappa shape index (κ1) is 14.8. The molecule has 0 radical (unpaired) electrons. The Balaban J connectivity index is 2.35. The summed E-state index contributed by atoms with van der Waals surface area (Å²) in [5, 5.41) is 14.2. The Labute approximate surface area is 124 Å². The van der Waals surface area contributed by atoms with E-state index in [-0.39, 0.29) is 10.6 Å². The van der Waals surface area contributed by atoms with E-state index in [0.717, 1.165) is 5.56 Å².